The van der Waals surface area contributed by atoms with E-state index in [9.17, 15) is 19.2 Å². The summed E-state index contributed by atoms with van der Waals surface area (Å²) in [4.78, 5) is 50.2. The first kappa shape index (κ1) is 24.8. The standard InChI is InChI=1S/C24H24N2O7S/c1-4-32-22(28)14-33-19-11-16(9-10-18(19)31-3)12-20-23(29)26(24(30)34-20)13-21(27)25-17-8-6-5-7-15(17)2/h5-12H,4,13-14H2,1-3H3,(H,25,27)/b20-12-. The van der Waals surface area contributed by atoms with Crippen molar-refractivity contribution in [3.05, 3.63) is 58.5 Å². The van der Waals surface area contributed by atoms with Gasteiger partial charge >= 0.3 is 5.97 Å². The SMILES string of the molecule is CCOC(=O)COc1cc(/C=C2\SC(=O)N(CC(=O)Nc3ccccc3C)C2=O)ccc1OC. The van der Waals surface area contributed by atoms with Crippen LogP contribution in [0, 0.1) is 6.92 Å². The molecule has 0 atom stereocenters. The predicted octanol–water partition coefficient (Wildman–Crippen LogP) is 3.62. The summed E-state index contributed by atoms with van der Waals surface area (Å²) in [6.07, 6.45) is 1.51. The summed E-state index contributed by atoms with van der Waals surface area (Å²) in [6.45, 7) is 3.07. The number of thioether (sulfide) groups is 1. The number of amides is 3. The van der Waals surface area contributed by atoms with Crippen molar-refractivity contribution in [1.29, 1.82) is 0 Å². The zero-order chi connectivity index (χ0) is 24.7. The molecule has 0 aromatic heterocycles. The van der Waals surface area contributed by atoms with E-state index in [1.54, 1.807) is 37.3 Å². The number of carbonyl (C=O) groups excluding carboxylic acids is 4. The fourth-order valence-corrected chi connectivity index (χ4v) is 3.91. The Hall–Kier alpha value is -3.79. The van der Waals surface area contributed by atoms with Gasteiger partial charge in [-0.1, -0.05) is 24.3 Å². The molecule has 2 aromatic rings. The van der Waals surface area contributed by atoms with Crippen LogP contribution in [0.15, 0.2) is 47.4 Å². The molecule has 1 aliphatic heterocycles. The lowest BCUT2D eigenvalue weighted by Gasteiger charge is -2.13. The number of nitrogens with zero attached hydrogens (tertiary/aromatic N) is 1. The van der Waals surface area contributed by atoms with Gasteiger partial charge in [-0.05, 0) is 61.0 Å². The van der Waals surface area contributed by atoms with E-state index < -0.39 is 29.6 Å². The molecule has 178 valence electrons. The van der Waals surface area contributed by atoms with Gasteiger partial charge < -0.3 is 19.5 Å². The molecule has 0 saturated carbocycles. The summed E-state index contributed by atoms with van der Waals surface area (Å²) in [7, 11) is 1.46. The molecule has 1 N–H and O–H groups in total. The van der Waals surface area contributed by atoms with Crippen LogP contribution in [-0.2, 0) is 19.1 Å². The smallest absolute Gasteiger partial charge is 0.344 e. The first-order valence-corrected chi connectivity index (χ1v) is 11.2. The number of carbonyl (C=O) groups is 4. The number of anilines is 1. The highest BCUT2D eigenvalue weighted by Crippen LogP contribution is 2.34. The van der Waals surface area contributed by atoms with E-state index in [2.05, 4.69) is 5.32 Å². The molecule has 9 nitrogen and oxygen atoms in total. The Labute approximate surface area is 201 Å². The van der Waals surface area contributed by atoms with Gasteiger partial charge in [-0.3, -0.25) is 19.3 Å². The summed E-state index contributed by atoms with van der Waals surface area (Å²) in [5.41, 5.74) is 2.03. The van der Waals surface area contributed by atoms with Crippen LogP contribution < -0.4 is 14.8 Å². The van der Waals surface area contributed by atoms with E-state index in [0.717, 1.165) is 22.2 Å². The Morgan fingerprint density at radius 1 is 1.12 bits per heavy atom. The van der Waals surface area contributed by atoms with Gasteiger partial charge in [0.15, 0.2) is 18.1 Å². The molecule has 1 heterocycles. The molecule has 0 radical (unpaired) electrons. The number of rotatable bonds is 9. The van der Waals surface area contributed by atoms with Crippen LogP contribution in [0.1, 0.15) is 18.1 Å². The number of benzene rings is 2. The minimum Gasteiger partial charge on any atom is -0.493 e. The number of ether oxygens (including phenoxy) is 3. The highest BCUT2D eigenvalue weighted by atomic mass is 32.2. The number of aryl methyl sites for hydroxylation is 1. The van der Waals surface area contributed by atoms with Crippen molar-refractivity contribution in [3.63, 3.8) is 0 Å². The molecule has 10 heteroatoms. The van der Waals surface area contributed by atoms with Crippen molar-refractivity contribution in [2.24, 2.45) is 0 Å². The van der Waals surface area contributed by atoms with Crippen LogP contribution >= 0.6 is 11.8 Å². The summed E-state index contributed by atoms with van der Waals surface area (Å²) < 4.78 is 15.6. The lowest BCUT2D eigenvalue weighted by molar-refractivity contribution is -0.145. The minimum atomic E-state index is -0.570. The fourth-order valence-electron chi connectivity index (χ4n) is 3.07. The van der Waals surface area contributed by atoms with Crippen LogP contribution in [0.5, 0.6) is 11.5 Å². The number of hydrogen-bond donors (Lipinski definition) is 1. The Balaban J connectivity index is 1.71. The molecular weight excluding hydrogens is 460 g/mol. The molecule has 3 rings (SSSR count). The average molecular weight is 485 g/mol. The van der Waals surface area contributed by atoms with E-state index in [1.807, 2.05) is 19.1 Å². The van der Waals surface area contributed by atoms with Gasteiger partial charge in [0.1, 0.15) is 6.54 Å². The minimum absolute atomic E-state index is 0.162. The third-order valence-corrected chi connectivity index (χ3v) is 5.64. The molecule has 2 aromatic carbocycles. The first-order chi connectivity index (χ1) is 16.3. The molecule has 0 aliphatic carbocycles. The second-order valence-electron chi connectivity index (χ2n) is 7.13. The lowest BCUT2D eigenvalue weighted by atomic mass is 10.2. The van der Waals surface area contributed by atoms with Gasteiger partial charge in [0.25, 0.3) is 11.1 Å². The predicted molar refractivity (Wildman–Crippen MR) is 128 cm³/mol. The highest BCUT2D eigenvalue weighted by molar-refractivity contribution is 8.18. The summed E-state index contributed by atoms with van der Waals surface area (Å²) in [6, 6.07) is 12.1. The molecule has 1 saturated heterocycles. The van der Waals surface area contributed by atoms with Crippen LogP contribution in [-0.4, -0.2) is 54.8 Å². The lowest BCUT2D eigenvalue weighted by Crippen LogP contribution is -2.36. The van der Waals surface area contributed by atoms with Crippen molar-refractivity contribution in [3.8, 4) is 11.5 Å². The van der Waals surface area contributed by atoms with Gasteiger partial charge in [0, 0.05) is 5.69 Å². The fraction of sp³-hybridized carbons (Fsp3) is 0.250. The molecule has 3 amide bonds. The molecule has 1 fully saturated rings. The quantitative estimate of drug-likeness (QED) is 0.424. The van der Waals surface area contributed by atoms with Gasteiger partial charge in [-0.25, -0.2) is 4.79 Å². The van der Waals surface area contributed by atoms with Gasteiger partial charge in [-0.15, -0.1) is 0 Å². The maximum Gasteiger partial charge on any atom is 0.344 e. The van der Waals surface area contributed by atoms with E-state index in [1.165, 1.54) is 13.2 Å². The Bertz CT molecular complexity index is 1150. The van der Waals surface area contributed by atoms with E-state index in [0.29, 0.717) is 17.0 Å². The van der Waals surface area contributed by atoms with Crippen molar-refractivity contribution in [2.45, 2.75) is 13.8 Å². The average Bonchev–Trinajstić information content (AvgIpc) is 3.06. The topological polar surface area (TPSA) is 111 Å². The first-order valence-electron chi connectivity index (χ1n) is 10.4. The van der Waals surface area contributed by atoms with Crippen LogP contribution in [0.4, 0.5) is 10.5 Å². The number of methoxy groups -OCH3 is 1. The molecule has 1 aliphatic rings. The molecule has 0 spiro atoms. The second-order valence-corrected chi connectivity index (χ2v) is 8.13. The molecule has 34 heavy (non-hydrogen) atoms. The monoisotopic (exact) mass is 484 g/mol. The third kappa shape index (κ3) is 6.16. The number of nitrogens with one attached hydrogen (secondary N) is 1. The van der Waals surface area contributed by atoms with Crippen LogP contribution in [0.3, 0.4) is 0 Å². The largest absolute Gasteiger partial charge is 0.493 e. The number of imide groups is 1. The Morgan fingerprint density at radius 3 is 2.59 bits per heavy atom. The van der Waals surface area contributed by atoms with Crippen LogP contribution in [0.25, 0.3) is 6.08 Å². The van der Waals surface area contributed by atoms with Crippen molar-refractivity contribution < 1.29 is 33.4 Å². The third-order valence-electron chi connectivity index (χ3n) is 4.73. The maximum absolute atomic E-state index is 12.8. The zero-order valence-corrected chi connectivity index (χ0v) is 19.8. The number of hydrogen-bond acceptors (Lipinski definition) is 8. The van der Waals surface area contributed by atoms with Crippen LogP contribution in [0.2, 0.25) is 0 Å². The normalized spacial score (nSPS) is 14.3. The summed E-state index contributed by atoms with van der Waals surface area (Å²) in [5, 5.41) is 2.17. The maximum atomic E-state index is 12.8. The molecular formula is C24H24N2O7S. The summed E-state index contributed by atoms with van der Waals surface area (Å²) >= 11 is 0.741. The van der Waals surface area contributed by atoms with Crippen molar-refractivity contribution in [1.82, 2.24) is 4.90 Å². The zero-order valence-electron chi connectivity index (χ0n) is 19.0. The second kappa shape index (κ2) is 11.4. The number of esters is 1. The van der Waals surface area contributed by atoms with E-state index >= 15 is 0 Å². The van der Waals surface area contributed by atoms with Gasteiger partial charge in [-0.2, -0.15) is 0 Å². The van der Waals surface area contributed by atoms with Crippen molar-refractivity contribution in [2.75, 3.05) is 32.2 Å². The molecule has 0 bridgehead atoms. The highest BCUT2D eigenvalue weighted by Gasteiger charge is 2.36. The molecule has 0 unspecified atom stereocenters. The number of para-hydroxylation sites is 1. The summed E-state index contributed by atoms with van der Waals surface area (Å²) in [5.74, 6) is -0.902. The van der Waals surface area contributed by atoms with E-state index in [4.69, 9.17) is 14.2 Å². The van der Waals surface area contributed by atoms with Crippen molar-refractivity contribution >= 4 is 46.5 Å². The van der Waals surface area contributed by atoms with E-state index in [-0.39, 0.29) is 23.9 Å². The van der Waals surface area contributed by atoms with Gasteiger partial charge in [0.05, 0.1) is 18.6 Å². The van der Waals surface area contributed by atoms with Gasteiger partial charge in [0.2, 0.25) is 5.91 Å². The Morgan fingerprint density at radius 2 is 1.88 bits per heavy atom. The Kier molecular flexibility index (Phi) is 8.31.